The number of likely N-dealkylation sites (tertiary alicyclic amines) is 1. The fourth-order valence-corrected chi connectivity index (χ4v) is 4.07. The number of hydrogen-bond acceptors (Lipinski definition) is 5. The van der Waals surface area contributed by atoms with Crippen molar-refractivity contribution in [1.82, 2.24) is 15.8 Å². The Morgan fingerprint density at radius 3 is 2.64 bits per heavy atom. The Morgan fingerprint density at radius 1 is 1.18 bits per heavy atom. The van der Waals surface area contributed by atoms with Crippen molar-refractivity contribution in [1.29, 1.82) is 5.26 Å². The number of hydrazine groups is 1. The number of carbonyl (C=O) groups is 1. The van der Waals surface area contributed by atoms with Gasteiger partial charge in [-0.1, -0.05) is 24.3 Å². The number of hydrogen-bond donors (Lipinski definition) is 3. The van der Waals surface area contributed by atoms with Gasteiger partial charge in [-0.15, -0.1) is 0 Å². The largest absolute Gasteiger partial charge is 0.391 e. The summed E-state index contributed by atoms with van der Waals surface area (Å²) in [4.78, 5) is 14.6. The number of β-amino-alcohol motifs (C(OH)–C–C–N with tert-alkyl or cyclic N) is 1. The fourth-order valence-electron chi connectivity index (χ4n) is 4.07. The van der Waals surface area contributed by atoms with Crippen LogP contribution in [0.25, 0.3) is 0 Å². The predicted octanol–water partition coefficient (Wildman–Crippen LogP) is 1.84. The molecular weight excluding hydrogens is 359 g/mol. The first-order valence-electron chi connectivity index (χ1n) is 9.31. The molecule has 2 saturated heterocycles. The molecule has 1 amide bonds. The molecule has 28 heavy (non-hydrogen) atoms. The van der Waals surface area contributed by atoms with Crippen molar-refractivity contribution in [3.05, 3.63) is 70.5 Å². The van der Waals surface area contributed by atoms with E-state index in [0.29, 0.717) is 16.7 Å². The van der Waals surface area contributed by atoms with Gasteiger partial charge < -0.3 is 10.0 Å². The molecule has 0 spiro atoms. The molecule has 0 radical (unpaired) electrons. The van der Waals surface area contributed by atoms with Gasteiger partial charge in [0.15, 0.2) is 0 Å². The maximum Gasteiger partial charge on any atom is 0.254 e. The lowest BCUT2D eigenvalue weighted by molar-refractivity contribution is 0.0714. The summed E-state index contributed by atoms with van der Waals surface area (Å²) in [6.07, 6.45) is -0.422. The number of nitriles is 1. The number of carbonyl (C=O) groups excluding carboxylic acids is 1. The van der Waals surface area contributed by atoms with Crippen LogP contribution in [-0.2, 0) is 0 Å². The second-order valence-electron chi connectivity index (χ2n) is 7.26. The molecule has 4 rings (SSSR count). The smallest absolute Gasteiger partial charge is 0.254 e. The summed E-state index contributed by atoms with van der Waals surface area (Å²) in [5, 5.41) is 19.7. The number of halogens is 1. The molecule has 2 aromatic rings. The van der Waals surface area contributed by atoms with Crippen LogP contribution in [0.3, 0.4) is 0 Å². The minimum absolute atomic E-state index is 0.137. The predicted molar refractivity (Wildman–Crippen MR) is 101 cm³/mol. The van der Waals surface area contributed by atoms with Crippen LogP contribution in [0, 0.1) is 17.1 Å². The topological polar surface area (TPSA) is 88.4 Å². The lowest BCUT2D eigenvalue weighted by Gasteiger charge is -2.25. The van der Waals surface area contributed by atoms with E-state index in [2.05, 4.69) is 16.9 Å². The van der Waals surface area contributed by atoms with E-state index in [4.69, 9.17) is 0 Å². The molecule has 144 valence electrons. The Kier molecular flexibility index (Phi) is 5.09. The van der Waals surface area contributed by atoms with Gasteiger partial charge in [-0.3, -0.25) is 15.6 Å². The number of nitrogens with one attached hydrogen (secondary N) is 2. The molecule has 2 aliphatic heterocycles. The van der Waals surface area contributed by atoms with Crippen LogP contribution in [0.4, 0.5) is 4.39 Å². The van der Waals surface area contributed by atoms with E-state index in [1.54, 1.807) is 30.3 Å². The maximum atomic E-state index is 14.3. The highest BCUT2D eigenvalue weighted by atomic mass is 19.1. The Morgan fingerprint density at radius 2 is 1.93 bits per heavy atom. The van der Waals surface area contributed by atoms with E-state index in [1.165, 1.54) is 11.0 Å². The highest BCUT2D eigenvalue weighted by Crippen LogP contribution is 2.35. The van der Waals surface area contributed by atoms with Crippen LogP contribution in [0.1, 0.15) is 45.4 Å². The van der Waals surface area contributed by atoms with E-state index < -0.39 is 18.0 Å². The molecule has 2 aliphatic rings. The van der Waals surface area contributed by atoms with E-state index >= 15 is 0 Å². The van der Waals surface area contributed by atoms with Crippen LogP contribution in [0.5, 0.6) is 0 Å². The molecule has 0 saturated carbocycles. The summed E-state index contributed by atoms with van der Waals surface area (Å²) in [5.74, 6) is -0.539. The van der Waals surface area contributed by atoms with Crippen molar-refractivity contribution in [2.24, 2.45) is 0 Å². The van der Waals surface area contributed by atoms with Crippen molar-refractivity contribution >= 4 is 5.91 Å². The Balaban J connectivity index is 1.64. The zero-order chi connectivity index (χ0) is 19.7. The van der Waals surface area contributed by atoms with Crippen molar-refractivity contribution in [2.45, 2.75) is 24.5 Å². The molecule has 0 aromatic heterocycles. The Hall–Kier alpha value is -2.79. The molecular formula is C21H21FN4O2. The number of amides is 1. The maximum absolute atomic E-state index is 14.3. The van der Waals surface area contributed by atoms with Gasteiger partial charge in [-0.25, -0.2) is 4.39 Å². The third kappa shape index (κ3) is 3.38. The monoisotopic (exact) mass is 380 g/mol. The number of nitrogens with zero attached hydrogens (tertiary/aromatic N) is 2. The van der Waals surface area contributed by atoms with Crippen molar-refractivity contribution in [3.8, 4) is 6.07 Å². The van der Waals surface area contributed by atoms with E-state index in [9.17, 15) is 19.6 Å². The summed E-state index contributed by atoms with van der Waals surface area (Å²) < 4.78 is 14.3. The average molecular weight is 380 g/mol. The Labute approximate surface area is 162 Å². The first-order valence-corrected chi connectivity index (χ1v) is 9.31. The summed E-state index contributed by atoms with van der Waals surface area (Å²) in [6, 6.07) is 13.1. The van der Waals surface area contributed by atoms with Gasteiger partial charge in [0.25, 0.3) is 5.91 Å². The lowest BCUT2D eigenvalue weighted by Crippen LogP contribution is -2.32. The molecule has 0 unspecified atom stereocenters. The number of benzene rings is 2. The quantitative estimate of drug-likeness (QED) is 0.756. The van der Waals surface area contributed by atoms with Gasteiger partial charge in [0.05, 0.1) is 23.8 Å². The van der Waals surface area contributed by atoms with Gasteiger partial charge in [-0.05, 0) is 30.2 Å². The summed E-state index contributed by atoms with van der Waals surface area (Å²) in [7, 11) is 0. The van der Waals surface area contributed by atoms with Crippen molar-refractivity contribution < 1.29 is 14.3 Å². The second-order valence-corrected chi connectivity index (χ2v) is 7.26. The molecule has 6 nitrogen and oxygen atoms in total. The zero-order valence-corrected chi connectivity index (χ0v) is 15.2. The number of aliphatic hydroxyl groups is 1. The van der Waals surface area contributed by atoms with Crippen molar-refractivity contribution in [3.63, 3.8) is 0 Å². The molecule has 2 fully saturated rings. The van der Waals surface area contributed by atoms with Crippen LogP contribution in [0.15, 0.2) is 42.5 Å². The summed E-state index contributed by atoms with van der Waals surface area (Å²) >= 11 is 0. The normalized spacial score (nSPS) is 22.4. The third-order valence-corrected chi connectivity index (χ3v) is 5.49. The fraction of sp³-hybridized carbons (Fsp3) is 0.333. The highest BCUT2D eigenvalue weighted by Gasteiger charge is 2.37. The van der Waals surface area contributed by atoms with Gasteiger partial charge in [0, 0.05) is 36.7 Å². The van der Waals surface area contributed by atoms with E-state index in [-0.39, 0.29) is 24.8 Å². The second kappa shape index (κ2) is 7.68. The lowest BCUT2D eigenvalue weighted by atomic mass is 9.93. The summed E-state index contributed by atoms with van der Waals surface area (Å²) in [5.41, 5.74) is 8.20. The van der Waals surface area contributed by atoms with Gasteiger partial charge in [0.2, 0.25) is 0 Å². The standard InChI is InChI=1S/C21H21FN4O2/c22-19-4-2-1-3-18(19)20-8-16(27)12-26(20)21(28)13-5-6-17(14(7-13)9-23)15-10-24-25-11-15/h1-7,15-16,20,24-25,27H,8,10-12H2/t16-,20+/m0/s1. The molecule has 2 aromatic carbocycles. The highest BCUT2D eigenvalue weighted by molar-refractivity contribution is 5.95. The van der Waals surface area contributed by atoms with Gasteiger partial charge >= 0.3 is 0 Å². The first kappa shape index (κ1) is 18.6. The van der Waals surface area contributed by atoms with Crippen LogP contribution in [-0.4, -0.2) is 41.7 Å². The average Bonchev–Trinajstić information content (AvgIpc) is 3.37. The minimum atomic E-state index is -0.709. The van der Waals surface area contributed by atoms with Crippen LogP contribution >= 0.6 is 0 Å². The van der Waals surface area contributed by atoms with Gasteiger partial charge in [-0.2, -0.15) is 5.26 Å². The SMILES string of the molecule is N#Cc1cc(C(=O)N2C[C@@H](O)C[C@@H]2c2ccccc2F)ccc1C1CNNC1. The van der Waals surface area contributed by atoms with Gasteiger partial charge in [0.1, 0.15) is 5.82 Å². The molecule has 7 heteroatoms. The van der Waals surface area contributed by atoms with E-state index in [0.717, 1.165) is 18.7 Å². The first-order chi connectivity index (χ1) is 13.6. The molecule has 0 aliphatic carbocycles. The molecule has 2 heterocycles. The number of aliphatic hydroxyl groups excluding tert-OH is 1. The van der Waals surface area contributed by atoms with E-state index in [1.807, 2.05) is 6.07 Å². The van der Waals surface area contributed by atoms with Crippen LogP contribution in [0.2, 0.25) is 0 Å². The van der Waals surface area contributed by atoms with Crippen LogP contribution < -0.4 is 10.9 Å². The number of rotatable bonds is 3. The third-order valence-electron chi connectivity index (χ3n) is 5.49. The molecule has 2 atom stereocenters. The summed E-state index contributed by atoms with van der Waals surface area (Å²) in [6.45, 7) is 1.57. The molecule has 0 bridgehead atoms. The minimum Gasteiger partial charge on any atom is -0.391 e. The van der Waals surface area contributed by atoms with Crippen molar-refractivity contribution in [2.75, 3.05) is 19.6 Å². The zero-order valence-electron chi connectivity index (χ0n) is 15.2. The molecule has 3 N–H and O–H groups in total. The Bertz CT molecular complexity index is 936.